The van der Waals surface area contributed by atoms with Crippen molar-refractivity contribution in [3.8, 4) is 22.3 Å². The minimum atomic E-state index is -5.11. The first-order valence-electron chi connectivity index (χ1n) is 14.0. The first kappa shape index (κ1) is 31.6. The highest BCUT2D eigenvalue weighted by atomic mass is 19.4. The Morgan fingerprint density at radius 2 is 0.562 bits per heavy atom. The maximum atomic E-state index is 13.8. The van der Waals surface area contributed by atoms with Crippen molar-refractivity contribution in [1.82, 2.24) is 0 Å². The third kappa shape index (κ3) is 5.14. The molecule has 0 fully saturated rings. The van der Waals surface area contributed by atoms with Gasteiger partial charge in [0.2, 0.25) is 0 Å². The van der Waals surface area contributed by atoms with Crippen LogP contribution in [-0.2, 0) is 24.7 Å². The van der Waals surface area contributed by atoms with Gasteiger partial charge in [-0.1, -0.05) is 48.5 Å². The van der Waals surface area contributed by atoms with Crippen LogP contribution in [0.4, 0.5) is 52.7 Å². The van der Waals surface area contributed by atoms with Crippen LogP contribution in [0.3, 0.4) is 0 Å². The maximum Gasteiger partial charge on any atom is 0.416 e. The Bertz CT molecular complexity index is 2050. The summed E-state index contributed by atoms with van der Waals surface area (Å²) in [6.45, 7) is 0. The summed E-state index contributed by atoms with van der Waals surface area (Å²) < 4.78 is 166. The highest BCUT2D eigenvalue weighted by Crippen LogP contribution is 2.44. The standard InChI is InChI=1S/C36H16F12/c37-33(38,39)19-9-17(10-20(13-19)34(40,41)42)31-25-7-3-1-5-23(25)27-15-30-28(16-29(27)31)24-6-2-4-8-26(24)32(30)18-11-21(35(43,44)45)14-22(12-18)36(46,47)48/h1-16H. The van der Waals surface area contributed by atoms with Crippen LogP contribution in [0.5, 0.6) is 0 Å². The van der Waals surface area contributed by atoms with Crippen molar-refractivity contribution in [3.63, 3.8) is 0 Å². The second kappa shape index (κ2) is 10.2. The first-order chi connectivity index (χ1) is 22.3. The lowest BCUT2D eigenvalue weighted by atomic mass is 9.93. The molecule has 0 aromatic heterocycles. The Morgan fingerprint density at radius 3 is 0.833 bits per heavy atom. The minimum absolute atomic E-state index is 0.0241. The number of hydrogen-bond donors (Lipinski definition) is 0. The van der Waals surface area contributed by atoms with E-state index in [-0.39, 0.29) is 44.8 Å². The Balaban J connectivity index is 1.61. The fourth-order valence-corrected chi connectivity index (χ4v) is 6.44. The van der Waals surface area contributed by atoms with E-state index in [2.05, 4.69) is 0 Å². The molecule has 0 aliphatic heterocycles. The molecule has 2 aliphatic rings. The Kier molecular flexibility index (Phi) is 6.75. The van der Waals surface area contributed by atoms with Crippen molar-refractivity contribution in [2.24, 2.45) is 0 Å². The molecule has 5 aromatic carbocycles. The van der Waals surface area contributed by atoms with Crippen molar-refractivity contribution in [3.05, 3.63) is 152 Å². The summed E-state index contributed by atoms with van der Waals surface area (Å²) in [6, 6.07) is 18.0. The highest BCUT2D eigenvalue weighted by Gasteiger charge is 2.40. The van der Waals surface area contributed by atoms with Crippen molar-refractivity contribution in [2.75, 3.05) is 0 Å². The number of rotatable bonds is 2. The van der Waals surface area contributed by atoms with E-state index in [9.17, 15) is 52.7 Å². The molecule has 244 valence electrons. The zero-order chi connectivity index (χ0) is 34.6. The molecular formula is C36H16F12. The van der Waals surface area contributed by atoms with Crippen molar-refractivity contribution < 1.29 is 52.7 Å². The molecule has 0 nitrogen and oxygen atoms in total. The SMILES string of the molecule is FC(F)(F)c1cc(C2=c3cc4c(cc3-c3ccccc32)=C(c2cc(C(F)(F)F)cc(C(F)(F)F)c2)c2ccccc2-4)cc(C(F)(F)F)c1. The molecule has 0 heterocycles. The van der Waals surface area contributed by atoms with Crippen molar-refractivity contribution in [2.45, 2.75) is 24.7 Å². The lowest BCUT2D eigenvalue weighted by Crippen LogP contribution is -2.17. The van der Waals surface area contributed by atoms with Gasteiger partial charge in [-0.2, -0.15) is 52.7 Å². The number of fused-ring (bicyclic) bond motifs is 6. The van der Waals surface area contributed by atoms with E-state index in [1.165, 1.54) is 24.3 Å². The smallest absolute Gasteiger partial charge is 0.166 e. The van der Waals surface area contributed by atoms with Crippen LogP contribution in [0, 0.1) is 0 Å². The van der Waals surface area contributed by atoms with E-state index in [4.69, 9.17) is 0 Å². The van der Waals surface area contributed by atoms with Gasteiger partial charge in [-0.05, 0) is 115 Å². The van der Waals surface area contributed by atoms with E-state index in [1.54, 1.807) is 36.4 Å². The number of hydrogen-bond acceptors (Lipinski definition) is 0. The molecule has 0 saturated carbocycles. The van der Waals surface area contributed by atoms with Crippen LogP contribution in [0.2, 0.25) is 0 Å². The fraction of sp³-hybridized carbons (Fsp3) is 0.111. The van der Waals surface area contributed by atoms with Gasteiger partial charge in [0.05, 0.1) is 22.3 Å². The van der Waals surface area contributed by atoms with Gasteiger partial charge < -0.3 is 0 Å². The summed E-state index contributed by atoms with van der Waals surface area (Å²) in [5.74, 6) is 0. The zero-order valence-corrected chi connectivity index (χ0v) is 23.8. The van der Waals surface area contributed by atoms with Crippen LogP contribution in [-0.4, -0.2) is 0 Å². The van der Waals surface area contributed by atoms with E-state index in [0.29, 0.717) is 57.6 Å². The topological polar surface area (TPSA) is 0 Å². The highest BCUT2D eigenvalue weighted by molar-refractivity contribution is 6.01. The zero-order valence-electron chi connectivity index (χ0n) is 23.8. The average Bonchev–Trinajstić information content (AvgIpc) is 3.50. The molecule has 0 radical (unpaired) electrons. The van der Waals surface area contributed by atoms with Gasteiger partial charge >= 0.3 is 24.7 Å². The van der Waals surface area contributed by atoms with Crippen LogP contribution >= 0.6 is 0 Å². The number of benzene rings is 5. The van der Waals surface area contributed by atoms with E-state index >= 15 is 0 Å². The Hall–Kier alpha value is -5.00. The molecule has 48 heavy (non-hydrogen) atoms. The van der Waals surface area contributed by atoms with Crippen LogP contribution in [0.1, 0.15) is 44.5 Å². The molecule has 0 saturated heterocycles. The van der Waals surface area contributed by atoms with E-state index < -0.39 is 47.0 Å². The van der Waals surface area contributed by atoms with Gasteiger partial charge in [0.1, 0.15) is 0 Å². The normalized spacial score (nSPS) is 14.2. The van der Waals surface area contributed by atoms with E-state index in [0.717, 1.165) is 0 Å². The number of alkyl halides is 12. The second-order valence-corrected chi connectivity index (χ2v) is 11.4. The largest absolute Gasteiger partial charge is 0.416 e. The van der Waals surface area contributed by atoms with Gasteiger partial charge in [0.25, 0.3) is 0 Å². The molecule has 0 N–H and O–H groups in total. The Morgan fingerprint density at radius 1 is 0.292 bits per heavy atom. The van der Waals surface area contributed by atoms with Crippen molar-refractivity contribution in [1.29, 1.82) is 0 Å². The molecule has 5 aromatic rings. The molecule has 0 atom stereocenters. The van der Waals surface area contributed by atoms with Gasteiger partial charge in [-0.25, -0.2) is 0 Å². The molecule has 0 unspecified atom stereocenters. The second-order valence-electron chi connectivity index (χ2n) is 11.4. The molecule has 0 amide bonds. The molecule has 2 aliphatic carbocycles. The van der Waals surface area contributed by atoms with Gasteiger partial charge in [0, 0.05) is 0 Å². The predicted molar refractivity (Wildman–Crippen MR) is 153 cm³/mol. The predicted octanol–water partition coefficient (Wildman–Crippen LogP) is 10.2. The summed E-state index contributed by atoms with van der Waals surface area (Å²) in [6.07, 6.45) is -20.5. The third-order valence-corrected chi connectivity index (χ3v) is 8.42. The summed E-state index contributed by atoms with van der Waals surface area (Å²) in [4.78, 5) is 0. The maximum absolute atomic E-state index is 13.8. The molecule has 0 bridgehead atoms. The minimum Gasteiger partial charge on any atom is -0.166 e. The fourth-order valence-electron chi connectivity index (χ4n) is 6.44. The van der Waals surface area contributed by atoms with Crippen LogP contribution in [0.25, 0.3) is 33.4 Å². The summed E-state index contributed by atoms with van der Waals surface area (Å²) in [5, 5.41) is 0.497. The summed E-state index contributed by atoms with van der Waals surface area (Å²) in [7, 11) is 0. The quantitative estimate of drug-likeness (QED) is 0.160. The van der Waals surface area contributed by atoms with Crippen molar-refractivity contribution >= 4 is 11.1 Å². The van der Waals surface area contributed by atoms with Gasteiger partial charge in [-0.15, -0.1) is 0 Å². The third-order valence-electron chi connectivity index (χ3n) is 8.42. The van der Waals surface area contributed by atoms with Crippen LogP contribution < -0.4 is 10.4 Å². The lowest BCUT2D eigenvalue weighted by Gasteiger charge is -2.15. The van der Waals surface area contributed by atoms with Gasteiger partial charge in [-0.3, -0.25) is 0 Å². The molecule has 0 spiro atoms. The molecular weight excluding hydrogens is 660 g/mol. The summed E-state index contributed by atoms with van der Waals surface area (Å²) >= 11 is 0. The Labute approximate surface area is 262 Å². The first-order valence-corrected chi connectivity index (χ1v) is 14.0. The molecule has 12 heteroatoms. The number of halogens is 12. The van der Waals surface area contributed by atoms with Gasteiger partial charge in [0.15, 0.2) is 0 Å². The van der Waals surface area contributed by atoms with Crippen LogP contribution in [0.15, 0.2) is 97.1 Å². The van der Waals surface area contributed by atoms with E-state index in [1.807, 2.05) is 0 Å². The summed E-state index contributed by atoms with van der Waals surface area (Å²) in [5.41, 5.74) is -4.59. The monoisotopic (exact) mass is 676 g/mol. The average molecular weight is 677 g/mol. The molecule has 7 rings (SSSR count). The lowest BCUT2D eigenvalue weighted by molar-refractivity contribution is -0.144.